The van der Waals surface area contributed by atoms with Gasteiger partial charge in [-0.25, -0.2) is 0 Å². The van der Waals surface area contributed by atoms with Crippen molar-refractivity contribution in [3.05, 3.63) is 16.3 Å². The minimum atomic E-state index is -0.00944. The lowest BCUT2D eigenvalue weighted by Gasteiger charge is -2.27. The van der Waals surface area contributed by atoms with E-state index in [0.717, 1.165) is 18.8 Å². The Morgan fingerprint density at radius 1 is 1.71 bits per heavy atom. The van der Waals surface area contributed by atoms with Gasteiger partial charge in [0.25, 0.3) is 5.91 Å². The Kier molecular flexibility index (Phi) is 2.69. The number of rotatable bonds is 3. The number of carbonyl (C=O) groups is 1. The van der Waals surface area contributed by atoms with E-state index in [0.29, 0.717) is 4.88 Å². The predicted molar refractivity (Wildman–Crippen MR) is 55.0 cm³/mol. The number of nitrogens with one attached hydrogen (secondary N) is 2. The van der Waals surface area contributed by atoms with Gasteiger partial charge in [0.2, 0.25) is 0 Å². The zero-order chi connectivity index (χ0) is 9.97. The van der Waals surface area contributed by atoms with Gasteiger partial charge in [-0.1, -0.05) is 0 Å². The van der Waals surface area contributed by atoms with Crippen LogP contribution in [0.3, 0.4) is 0 Å². The van der Waals surface area contributed by atoms with E-state index in [1.54, 1.807) is 13.2 Å². The average Bonchev–Trinajstić information content (AvgIpc) is 2.59. The van der Waals surface area contributed by atoms with E-state index in [2.05, 4.69) is 10.6 Å². The first-order valence-electron chi connectivity index (χ1n) is 4.43. The number of carbonyl (C=O) groups excluding carboxylic acids is 1. The molecule has 4 nitrogen and oxygen atoms in total. The second-order valence-electron chi connectivity index (χ2n) is 3.18. The molecule has 1 fully saturated rings. The Morgan fingerprint density at radius 3 is 3.00 bits per heavy atom. The van der Waals surface area contributed by atoms with Crippen molar-refractivity contribution in [1.29, 1.82) is 0 Å². The maximum atomic E-state index is 11.6. The average molecular weight is 212 g/mol. The summed E-state index contributed by atoms with van der Waals surface area (Å²) in [6.45, 7) is 1.74. The van der Waals surface area contributed by atoms with Crippen LogP contribution in [0, 0.1) is 0 Å². The van der Waals surface area contributed by atoms with Crippen LogP contribution in [0.5, 0.6) is 5.75 Å². The van der Waals surface area contributed by atoms with Gasteiger partial charge in [-0.2, -0.15) is 0 Å². The van der Waals surface area contributed by atoms with E-state index >= 15 is 0 Å². The van der Waals surface area contributed by atoms with Crippen molar-refractivity contribution in [3.63, 3.8) is 0 Å². The van der Waals surface area contributed by atoms with Crippen LogP contribution in [-0.2, 0) is 0 Å². The van der Waals surface area contributed by atoms with Gasteiger partial charge in [-0.05, 0) is 0 Å². The summed E-state index contributed by atoms with van der Waals surface area (Å²) in [7, 11) is 1.60. The van der Waals surface area contributed by atoms with Crippen molar-refractivity contribution in [2.24, 2.45) is 0 Å². The summed E-state index contributed by atoms with van der Waals surface area (Å²) >= 11 is 1.40. The fraction of sp³-hybridized carbons (Fsp3) is 0.444. The van der Waals surface area contributed by atoms with Crippen molar-refractivity contribution in [2.45, 2.75) is 6.04 Å². The molecule has 2 rings (SSSR count). The third-order valence-corrected chi connectivity index (χ3v) is 3.06. The SMILES string of the molecule is COc1csc(C(=O)NC2CNC2)c1. The topological polar surface area (TPSA) is 50.4 Å². The van der Waals surface area contributed by atoms with E-state index in [9.17, 15) is 4.79 Å². The van der Waals surface area contributed by atoms with Gasteiger partial charge in [0, 0.05) is 24.5 Å². The molecular weight excluding hydrogens is 200 g/mol. The van der Waals surface area contributed by atoms with Crippen molar-refractivity contribution < 1.29 is 9.53 Å². The van der Waals surface area contributed by atoms with E-state index in [1.165, 1.54) is 11.3 Å². The van der Waals surface area contributed by atoms with Crippen LogP contribution in [0.2, 0.25) is 0 Å². The Hall–Kier alpha value is -1.07. The van der Waals surface area contributed by atoms with Crippen LogP contribution in [0.15, 0.2) is 11.4 Å². The smallest absolute Gasteiger partial charge is 0.261 e. The highest BCUT2D eigenvalue weighted by Crippen LogP contribution is 2.20. The molecule has 1 aromatic rings. The Labute approximate surface area is 86.3 Å². The molecule has 1 aliphatic rings. The number of hydrogen-bond acceptors (Lipinski definition) is 4. The quantitative estimate of drug-likeness (QED) is 0.765. The lowest BCUT2D eigenvalue weighted by Crippen LogP contribution is -2.56. The van der Waals surface area contributed by atoms with E-state index in [-0.39, 0.29) is 11.9 Å². The molecule has 14 heavy (non-hydrogen) atoms. The third kappa shape index (κ3) is 1.88. The van der Waals surface area contributed by atoms with Gasteiger partial charge in [0.05, 0.1) is 18.0 Å². The third-order valence-electron chi connectivity index (χ3n) is 2.15. The molecule has 0 radical (unpaired) electrons. The molecule has 0 spiro atoms. The molecule has 0 saturated carbocycles. The van der Waals surface area contributed by atoms with Crippen molar-refractivity contribution in [2.75, 3.05) is 20.2 Å². The second-order valence-corrected chi connectivity index (χ2v) is 4.09. The lowest BCUT2D eigenvalue weighted by atomic mass is 10.2. The molecule has 2 N–H and O–H groups in total. The van der Waals surface area contributed by atoms with E-state index < -0.39 is 0 Å². The van der Waals surface area contributed by atoms with E-state index in [1.807, 2.05) is 5.38 Å². The molecule has 5 heteroatoms. The van der Waals surface area contributed by atoms with Crippen LogP contribution >= 0.6 is 11.3 Å². The standard InChI is InChI=1S/C9H12N2O2S/c1-13-7-2-8(14-5-7)9(12)11-6-3-10-4-6/h2,5-6,10H,3-4H2,1H3,(H,11,12). The van der Waals surface area contributed by atoms with Gasteiger partial charge in [-0.15, -0.1) is 11.3 Å². The van der Waals surface area contributed by atoms with E-state index in [4.69, 9.17) is 4.74 Å². The first-order chi connectivity index (χ1) is 6.79. The minimum absolute atomic E-state index is 0.00944. The zero-order valence-electron chi connectivity index (χ0n) is 7.87. The normalized spacial score (nSPS) is 16.1. The van der Waals surface area contributed by atoms with Crippen LogP contribution in [0.1, 0.15) is 9.67 Å². The minimum Gasteiger partial charge on any atom is -0.496 e. The molecule has 0 atom stereocenters. The summed E-state index contributed by atoms with van der Waals surface area (Å²) in [4.78, 5) is 12.3. The van der Waals surface area contributed by atoms with Gasteiger partial charge in [0.1, 0.15) is 5.75 Å². The number of methoxy groups -OCH3 is 1. The number of hydrogen-bond donors (Lipinski definition) is 2. The summed E-state index contributed by atoms with van der Waals surface area (Å²) in [6.07, 6.45) is 0. The maximum Gasteiger partial charge on any atom is 0.261 e. The molecule has 0 aliphatic carbocycles. The Balaban J connectivity index is 1.95. The number of thiophene rings is 1. The fourth-order valence-corrected chi connectivity index (χ4v) is 1.95. The van der Waals surface area contributed by atoms with Gasteiger partial charge in [-0.3, -0.25) is 4.79 Å². The molecule has 76 valence electrons. The van der Waals surface area contributed by atoms with Crippen LogP contribution in [-0.4, -0.2) is 32.1 Å². The summed E-state index contributed by atoms with van der Waals surface area (Å²) in [6, 6.07) is 2.04. The molecule has 0 bridgehead atoms. The van der Waals surface area contributed by atoms with Gasteiger partial charge >= 0.3 is 0 Å². The van der Waals surface area contributed by atoms with Crippen molar-refractivity contribution in [3.8, 4) is 5.75 Å². The molecule has 0 unspecified atom stereocenters. The largest absolute Gasteiger partial charge is 0.496 e. The van der Waals surface area contributed by atoms with Crippen molar-refractivity contribution >= 4 is 17.2 Å². The van der Waals surface area contributed by atoms with Crippen LogP contribution in [0.4, 0.5) is 0 Å². The predicted octanol–water partition coefficient (Wildman–Crippen LogP) is 0.458. The Morgan fingerprint density at radius 2 is 2.50 bits per heavy atom. The summed E-state index contributed by atoms with van der Waals surface area (Å²) in [5.41, 5.74) is 0. The highest BCUT2D eigenvalue weighted by atomic mass is 32.1. The molecule has 2 heterocycles. The van der Waals surface area contributed by atoms with Crippen LogP contribution in [0.25, 0.3) is 0 Å². The molecule has 1 aliphatic heterocycles. The molecule has 1 amide bonds. The first kappa shape index (κ1) is 9.48. The molecule has 1 aromatic heterocycles. The Bertz CT molecular complexity index is 333. The second kappa shape index (κ2) is 3.98. The first-order valence-corrected chi connectivity index (χ1v) is 5.31. The molecule has 0 aromatic carbocycles. The van der Waals surface area contributed by atoms with Gasteiger partial charge in [0.15, 0.2) is 0 Å². The summed E-state index contributed by atoms with van der Waals surface area (Å²) < 4.78 is 5.01. The lowest BCUT2D eigenvalue weighted by molar-refractivity contribution is 0.0928. The van der Waals surface area contributed by atoms with Crippen molar-refractivity contribution in [1.82, 2.24) is 10.6 Å². The zero-order valence-corrected chi connectivity index (χ0v) is 8.69. The van der Waals surface area contributed by atoms with Gasteiger partial charge < -0.3 is 15.4 Å². The maximum absolute atomic E-state index is 11.6. The monoisotopic (exact) mass is 212 g/mol. The molecular formula is C9H12N2O2S. The highest BCUT2D eigenvalue weighted by Gasteiger charge is 2.20. The number of ether oxygens (including phenoxy) is 1. The number of amides is 1. The summed E-state index contributed by atoms with van der Waals surface area (Å²) in [5, 5.41) is 7.85. The fourth-order valence-electron chi connectivity index (χ4n) is 1.19. The summed E-state index contributed by atoms with van der Waals surface area (Å²) in [5.74, 6) is 0.733. The molecule has 1 saturated heterocycles. The van der Waals surface area contributed by atoms with Crippen LogP contribution < -0.4 is 15.4 Å². The highest BCUT2D eigenvalue weighted by molar-refractivity contribution is 7.12.